The maximum Gasteiger partial charge on any atom is 0.202 e. The van der Waals surface area contributed by atoms with Gasteiger partial charge in [0.15, 0.2) is 17.5 Å². The first kappa shape index (κ1) is 19.5. The van der Waals surface area contributed by atoms with Crippen molar-refractivity contribution < 1.29 is 19.2 Å². The van der Waals surface area contributed by atoms with E-state index in [0.29, 0.717) is 36.3 Å². The third-order valence-corrected chi connectivity index (χ3v) is 5.72. The maximum atomic E-state index is 13.3. The summed E-state index contributed by atoms with van der Waals surface area (Å²) in [4.78, 5) is 13.3. The minimum absolute atomic E-state index is 0.00631. The van der Waals surface area contributed by atoms with E-state index in [-0.39, 0.29) is 11.5 Å². The zero-order valence-electron chi connectivity index (χ0n) is 17.6. The Balaban J connectivity index is 1.65. The Bertz CT molecular complexity index is 1300. The minimum Gasteiger partial charge on any atom is -0.490 e. The number of ether oxygens (including phenoxy) is 2. The lowest BCUT2D eigenvalue weighted by atomic mass is 10.0. The van der Waals surface area contributed by atoms with E-state index in [1.165, 1.54) is 0 Å². The number of nitrogens with two attached hydrogens (primary N) is 1. The molecule has 0 spiro atoms. The number of para-hydroxylation sites is 1. The van der Waals surface area contributed by atoms with Crippen LogP contribution < -0.4 is 20.2 Å². The summed E-state index contributed by atoms with van der Waals surface area (Å²) in [5, 5.41) is 2.78. The first-order valence-corrected chi connectivity index (χ1v) is 10.6. The number of hydrogen-bond donors (Lipinski definition) is 1. The van der Waals surface area contributed by atoms with Crippen LogP contribution in [0.15, 0.2) is 70.2 Å². The summed E-state index contributed by atoms with van der Waals surface area (Å²) in [6.07, 6.45) is 3.63. The van der Waals surface area contributed by atoms with Crippen LogP contribution in [0.2, 0.25) is 0 Å². The summed E-state index contributed by atoms with van der Waals surface area (Å²) in [5.41, 5.74) is 4.43. The standard InChI is InChI=1S/C25H24N2O4/c1-3-29-22-12-16-14-26-24(18-15-31-21-10-6-5-8-17(21)25(18)28)19-9-7-11-27(19)20(16)13-23(22)30-4-2/h5-13,15,24,26H,3-4,14H2,1-2H3/p+1. The molecule has 1 aliphatic rings. The average Bonchev–Trinajstić information content (AvgIpc) is 3.21. The molecule has 1 atom stereocenters. The summed E-state index contributed by atoms with van der Waals surface area (Å²) in [6, 6.07) is 15.3. The number of aromatic nitrogens is 1. The van der Waals surface area contributed by atoms with Gasteiger partial charge in [-0.05, 0) is 44.2 Å². The molecule has 0 fully saturated rings. The van der Waals surface area contributed by atoms with E-state index in [1.807, 2.05) is 56.4 Å². The number of benzene rings is 2. The summed E-state index contributed by atoms with van der Waals surface area (Å²) < 4.78 is 19.6. The van der Waals surface area contributed by atoms with E-state index < -0.39 is 0 Å². The first-order valence-electron chi connectivity index (χ1n) is 10.6. The zero-order valence-corrected chi connectivity index (χ0v) is 17.6. The van der Waals surface area contributed by atoms with Gasteiger partial charge in [0, 0.05) is 17.8 Å². The predicted molar refractivity (Wildman–Crippen MR) is 118 cm³/mol. The van der Waals surface area contributed by atoms with Gasteiger partial charge < -0.3 is 23.8 Å². The average molecular weight is 417 g/mol. The monoisotopic (exact) mass is 417 g/mol. The predicted octanol–water partition coefficient (Wildman–Crippen LogP) is 3.55. The van der Waals surface area contributed by atoms with Crippen molar-refractivity contribution in [3.8, 4) is 17.2 Å². The van der Waals surface area contributed by atoms with Crippen LogP contribution in [0.1, 0.15) is 36.7 Å². The Hall–Kier alpha value is -3.51. The Morgan fingerprint density at radius 2 is 1.84 bits per heavy atom. The molecule has 2 N–H and O–H groups in total. The van der Waals surface area contributed by atoms with Crippen LogP contribution in [-0.2, 0) is 6.54 Å². The SMILES string of the molecule is CCOc1cc2c(cc1OCC)-n1cccc1C(c1coc3ccccc3c1=O)[NH2+]C2. The van der Waals surface area contributed by atoms with Gasteiger partial charge in [0.25, 0.3) is 0 Å². The molecule has 2 aromatic heterocycles. The fourth-order valence-electron chi connectivity index (χ4n) is 4.34. The zero-order chi connectivity index (χ0) is 21.4. The lowest BCUT2D eigenvalue weighted by Gasteiger charge is -2.16. The minimum atomic E-state index is -0.186. The first-order chi connectivity index (χ1) is 15.2. The van der Waals surface area contributed by atoms with Crippen molar-refractivity contribution in [1.29, 1.82) is 0 Å². The molecular formula is C25H25N2O4+. The van der Waals surface area contributed by atoms with Crippen molar-refractivity contribution in [2.24, 2.45) is 0 Å². The quantitative estimate of drug-likeness (QED) is 0.539. The molecule has 0 saturated carbocycles. The van der Waals surface area contributed by atoms with Crippen molar-refractivity contribution in [1.82, 2.24) is 4.57 Å². The normalized spacial score (nSPS) is 15.2. The van der Waals surface area contributed by atoms with Gasteiger partial charge in [-0.15, -0.1) is 0 Å². The summed E-state index contributed by atoms with van der Waals surface area (Å²) >= 11 is 0. The van der Waals surface area contributed by atoms with Crippen molar-refractivity contribution in [2.75, 3.05) is 13.2 Å². The molecule has 4 aromatic rings. The molecule has 6 nitrogen and oxygen atoms in total. The molecule has 0 radical (unpaired) electrons. The second kappa shape index (κ2) is 7.96. The van der Waals surface area contributed by atoms with Gasteiger partial charge >= 0.3 is 0 Å². The van der Waals surface area contributed by atoms with Crippen molar-refractivity contribution in [3.63, 3.8) is 0 Å². The van der Waals surface area contributed by atoms with E-state index in [1.54, 1.807) is 6.26 Å². The molecule has 158 valence electrons. The third kappa shape index (κ3) is 3.29. The Morgan fingerprint density at radius 1 is 1.06 bits per heavy atom. The summed E-state index contributed by atoms with van der Waals surface area (Å²) in [6.45, 7) is 5.75. The van der Waals surface area contributed by atoms with Crippen LogP contribution >= 0.6 is 0 Å². The highest BCUT2D eigenvalue weighted by Crippen LogP contribution is 2.35. The van der Waals surface area contributed by atoms with Gasteiger partial charge in [-0.2, -0.15) is 0 Å². The highest BCUT2D eigenvalue weighted by molar-refractivity contribution is 5.76. The number of hydrogen-bond acceptors (Lipinski definition) is 4. The number of fused-ring (bicyclic) bond motifs is 4. The van der Waals surface area contributed by atoms with Crippen LogP contribution in [0, 0.1) is 0 Å². The largest absolute Gasteiger partial charge is 0.490 e. The van der Waals surface area contributed by atoms with E-state index >= 15 is 0 Å². The lowest BCUT2D eigenvalue weighted by Crippen LogP contribution is -2.84. The van der Waals surface area contributed by atoms with Crippen molar-refractivity contribution in [2.45, 2.75) is 26.4 Å². The fourth-order valence-corrected chi connectivity index (χ4v) is 4.34. The third-order valence-electron chi connectivity index (χ3n) is 5.72. The Morgan fingerprint density at radius 3 is 2.65 bits per heavy atom. The van der Waals surface area contributed by atoms with Gasteiger partial charge in [-0.1, -0.05) is 12.1 Å². The molecule has 6 heteroatoms. The lowest BCUT2D eigenvalue weighted by molar-refractivity contribution is -0.702. The van der Waals surface area contributed by atoms with Crippen LogP contribution in [0.5, 0.6) is 11.5 Å². The number of quaternary nitrogens is 1. The Labute approximate surface area is 180 Å². The fraction of sp³-hybridized carbons (Fsp3) is 0.240. The summed E-state index contributed by atoms with van der Waals surface area (Å²) in [7, 11) is 0. The Kier molecular flexibility index (Phi) is 5.00. The van der Waals surface area contributed by atoms with E-state index in [4.69, 9.17) is 13.9 Å². The molecule has 3 heterocycles. The summed E-state index contributed by atoms with van der Waals surface area (Å²) in [5.74, 6) is 1.47. The van der Waals surface area contributed by atoms with Crippen molar-refractivity contribution in [3.05, 3.63) is 88.0 Å². The molecule has 1 unspecified atom stereocenters. The molecule has 1 aliphatic heterocycles. The van der Waals surface area contributed by atoms with Gasteiger partial charge in [-0.3, -0.25) is 4.79 Å². The molecule has 2 aromatic carbocycles. The molecule has 0 amide bonds. The van der Waals surface area contributed by atoms with Crippen LogP contribution in [0.4, 0.5) is 0 Å². The molecular weight excluding hydrogens is 392 g/mol. The van der Waals surface area contributed by atoms with Gasteiger partial charge in [-0.25, -0.2) is 0 Å². The highest BCUT2D eigenvalue weighted by Gasteiger charge is 2.30. The highest BCUT2D eigenvalue weighted by atomic mass is 16.5. The van der Waals surface area contributed by atoms with Crippen LogP contribution in [0.25, 0.3) is 16.7 Å². The smallest absolute Gasteiger partial charge is 0.202 e. The second-order valence-electron chi connectivity index (χ2n) is 7.53. The van der Waals surface area contributed by atoms with Gasteiger partial charge in [0.1, 0.15) is 18.4 Å². The van der Waals surface area contributed by atoms with Crippen LogP contribution in [-0.4, -0.2) is 17.8 Å². The second-order valence-corrected chi connectivity index (χ2v) is 7.53. The molecule has 31 heavy (non-hydrogen) atoms. The molecule has 0 bridgehead atoms. The molecule has 0 aliphatic carbocycles. The van der Waals surface area contributed by atoms with Gasteiger partial charge in [0.2, 0.25) is 5.43 Å². The number of nitrogens with zero attached hydrogens (tertiary/aromatic N) is 1. The molecule has 5 rings (SSSR count). The number of rotatable bonds is 5. The topological polar surface area (TPSA) is 70.2 Å². The van der Waals surface area contributed by atoms with E-state index in [9.17, 15) is 4.79 Å². The van der Waals surface area contributed by atoms with Gasteiger partial charge in [0.05, 0.1) is 35.5 Å². The maximum absolute atomic E-state index is 13.3. The van der Waals surface area contributed by atoms with Crippen LogP contribution in [0.3, 0.4) is 0 Å². The molecule has 0 saturated heterocycles. The van der Waals surface area contributed by atoms with Crippen molar-refractivity contribution >= 4 is 11.0 Å². The van der Waals surface area contributed by atoms with E-state index in [2.05, 4.69) is 22.0 Å². The van der Waals surface area contributed by atoms with E-state index in [0.717, 1.165) is 28.4 Å².